The predicted molar refractivity (Wildman–Crippen MR) is 114 cm³/mol. The first-order chi connectivity index (χ1) is 16.7. The third kappa shape index (κ3) is 4.52. The van der Waals surface area contributed by atoms with Crippen LogP contribution >= 0.6 is 0 Å². The second kappa shape index (κ2) is 9.03. The van der Waals surface area contributed by atoms with E-state index < -0.39 is 36.3 Å². The van der Waals surface area contributed by atoms with Gasteiger partial charge in [-0.3, -0.25) is 9.78 Å². The van der Waals surface area contributed by atoms with E-state index in [2.05, 4.69) is 15.2 Å². The number of hydrogen-bond donors (Lipinski definition) is 1. The quantitative estimate of drug-likeness (QED) is 0.492. The van der Waals surface area contributed by atoms with Crippen molar-refractivity contribution >= 4 is 5.91 Å². The number of aliphatic hydroxyl groups excluding tert-OH is 1. The molecule has 2 aliphatic rings. The first kappa shape index (κ1) is 23.4. The van der Waals surface area contributed by atoms with Crippen molar-refractivity contribution in [3.8, 4) is 11.5 Å². The minimum Gasteiger partial charge on any atom is -0.415 e. The Kier molecular flexibility index (Phi) is 6.04. The number of rotatable bonds is 6. The minimum absolute atomic E-state index is 0.145. The van der Waals surface area contributed by atoms with Gasteiger partial charge in [-0.15, -0.1) is 10.2 Å². The number of hydrogen-bond acceptors (Lipinski definition) is 6. The molecule has 11 heteroatoms. The molecular weight excluding hydrogens is 468 g/mol. The number of aromatic nitrogens is 3. The molecule has 184 valence electrons. The van der Waals surface area contributed by atoms with Crippen LogP contribution in [0.5, 0.6) is 0 Å². The summed E-state index contributed by atoms with van der Waals surface area (Å²) >= 11 is 0. The van der Waals surface area contributed by atoms with Gasteiger partial charge in [0.05, 0.1) is 11.7 Å². The van der Waals surface area contributed by atoms with Gasteiger partial charge >= 0.3 is 6.43 Å². The summed E-state index contributed by atoms with van der Waals surface area (Å²) in [6.45, 7) is 0.169. The Morgan fingerprint density at radius 2 is 1.89 bits per heavy atom. The molecule has 35 heavy (non-hydrogen) atoms. The first-order valence-electron chi connectivity index (χ1n) is 11.3. The zero-order valence-electron chi connectivity index (χ0n) is 18.5. The topological polar surface area (TPSA) is 92.4 Å². The zero-order valence-corrected chi connectivity index (χ0v) is 18.5. The number of fused-ring (bicyclic) bond motifs is 1. The van der Waals surface area contributed by atoms with Crippen LogP contribution in [0.2, 0.25) is 0 Å². The number of benzene rings is 1. The Morgan fingerprint density at radius 3 is 2.54 bits per heavy atom. The largest absolute Gasteiger partial charge is 0.415 e. The van der Waals surface area contributed by atoms with Crippen molar-refractivity contribution in [3.05, 3.63) is 65.3 Å². The Hall–Kier alpha value is -3.34. The van der Waals surface area contributed by atoms with Crippen molar-refractivity contribution in [2.45, 2.75) is 56.7 Å². The summed E-state index contributed by atoms with van der Waals surface area (Å²) in [5.74, 6) is -4.47. The SMILES string of the molecule is O=C1c2cc(-c3nnc(C(F)F)o3)ccc2CN1C(C1CCC(F)(F)CC1)C(O)c1ccccn1. The average Bonchev–Trinajstić information content (AvgIpc) is 3.46. The van der Waals surface area contributed by atoms with Gasteiger partial charge < -0.3 is 14.4 Å². The van der Waals surface area contributed by atoms with Crippen LogP contribution in [0, 0.1) is 5.92 Å². The molecule has 2 unspecified atom stereocenters. The summed E-state index contributed by atoms with van der Waals surface area (Å²) in [5.41, 5.74) is 1.62. The van der Waals surface area contributed by atoms with Gasteiger partial charge in [0.2, 0.25) is 11.8 Å². The zero-order chi connectivity index (χ0) is 24.7. The highest BCUT2D eigenvalue weighted by molar-refractivity contribution is 5.99. The Morgan fingerprint density at radius 1 is 1.11 bits per heavy atom. The molecule has 1 N–H and O–H groups in total. The Bertz CT molecular complexity index is 1210. The molecule has 0 saturated heterocycles. The maximum atomic E-state index is 13.9. The number of pyridine rings is 1. The van der Waals surface area contributed by atoms with Crippen LogP contribution in [0.1, 0.15) is 65.7 Å². The lowest BCUT2D eigenvalue weighted by Crippen LogP contribution is -2.47. The predicted octanol–water partition coefficient (Wildman–Crippen LogP) is 4.95. The van der Waals surface area contributed by atoms with Gasteiger partial charge in [0, 0.05) is 36.7 Å². The van der Waals surface area contributed by atoms with E-state index in [4.69, 9.17) is 4.42 Å². The normalized spacial score (nSPS) is 19.7. The number of halogens is 4. The maximum Gasteiger partial charge on any atom is 0.314 e. The van der Waals surface area contributed by atoms with Crippen LogP contribution in [-0.4, -0.2) is 43.1 Å². The van der Waals surface area contributed by atoms with Crippen LogP contribution in [-0.2, 0) is 6.54 Å². The van der Waals surface area contributed by atoms with Crippen LogP contribution < -0.4 is 0 Å². The van der Waals surface area contributed by atoms with Crippen molar-refractivity contribution in [3.63, 3.8) is 0 Å². The van der Waals surface area contributed by atoms with E-state index in [1.54, 1.807) is 30.3 Å². The Balaban J connectivity index is 1.46. The summed E-state index contributed by atoms with van der Waals surface area (Å²) in [7, 11) is 0. The lowest BCUT2D eigenvalue weighted by atomic mass is 9.79. The van der Waals surface area contributed by atoms with Crippen molar-refractivity contribution in [1.29, 1.82) is 0 Å². The second-order valence-corrected chi connectivity index (χ2v) is 8.93. The van der Waals surface area contributed by atoms with Crippen molar-refractivity contribution in [1.82, 2.24) is 20.1 Å². The monoisotopic (exact) mass is 490 g/mol. The van der Waals surface area contributed by atoms with Crippen LogP contribution in [0.4, 0.5) is 17.6 Å². The van der Waals surface area contributed by atoms with Gasteiger partial charge in [-0.1, -0.05) is 12.1 Å². The lowest BCUT2D eigenvalue weighted by Gasteiger charge is -2.40. The molecule has 1 aliphatic heterocycles. The maximum absolute atomic E-state index is 13.9. The molecule has 0 spiro atoms. The number of carbonyl (C=O) groups excluding carboxylic acids is 1. The van der Waals surface area contributed by atoms with E-state index in [-0.39, 0.29) is 44.0 Å². The van der Waals surface area contributed by atoms with E-state index in [0.717, 1.165) is 0 Å². The lowest BCUT2D eigenvalue weighted by molar-refractivity contribution is -0.0680. The number of aliphatic hydroxyl groups is 1. The second-order valence-electron chi connectivity index (χ2n) is 8.93. The molecule has 2 atom stereocenters. The summed E-state index contributed by atoms with van der Waals surface area (Å²) in [6.07, 6.45) is -2.88. The molecule has 5 rings (SSSR count). The number of carbonyl (C=O) groups is 1. The van der Waals surface area contributed by atoms with E-state index in [9.17, 15) is 27.5 Å². The molecule has 1 aliphatic carbocycles. The molecule has 1 fully saturated rings. The van der Waals surface area contributed by atoms with Gasteiger partial charge in [0.1, 0.15) is 6.10 Å². The molecule has 0 bridgehead atoms. The van der Waals surface area contributed by atoms with Crippen LogP contribution in [0.25, 0.3) is 11.5 Å². The van der Waals surface area contributed by atoms with Gasteiger partial charge in [0.25, 0.3) is 11.8 Å². The van der Waals surface area contributed by atoms with Gasteiger partial charge in [-0.2, -0.15) is 8.78 Å². The fourth-order valence-electron chi connectivity index (χ4n) is 4.95. The van der Waals surface area contributed by atoms with Gasteiger partial charge in [-0.25, -0.2) is 8.78 Å². The highest BCUT2D eigenvalue weighted by Crippen LogP contribution is 2.43. The molecule has 3 aromatic rings. The molecule has 1 aromatic carbocycles. The smallest absolute Gasteiger partial charge is 0.314 e. The first-order valence-corrected chi connectivity index (χ1v) is 11.3. The summed E-state index contributed by atoms with van der Waals surface area (Å²) in [6, 6.07) is 9.01. The van der Waals surface area contributed by atoms with Gasteiger partial charge in [-0.05, 0) is 48.6 Å². The van der Waals surface area contributed by atoms with Gasteiger partial charge in [0.15, 0.2) is 0 Å². The third-order valence-electron chi connectivity index (χ3n) is 6.74. The minimum atomic E-state index is -2.92. The Labute approximate surface area is 197 Å². The highest BCUT2D eigenvalue weighted by Gasteiger charge is 2.45. The van der Waals surface area contributed by atoms with E-state index in [0.29, 0.717) is 22.4 Å². The number of amides is 1. The molecule has 3 heterocycles. The average molecular weight is 490 g/mol. The molecular formula is C24H22F4N4O3. The van der Waals surface area contributed by atoms with E-state index in [1.807, 2.05) is 0 Å². The molecule has 1 saturated carbocycles. The fourth-order valence-corrected chi connectivity index (χ4v) is 4.95. The van der Waals surface area contributed by atoms with E-state index in [1.165, 1.54) is 17.2 Å². The molecule has 2 aromatic heterocycles. The number of nitrogens with zero attached hydrogens (tertiary/aromatic N) is 4. The van der Waals surface area contributed by atoms with Crippen molar-refractivity contribution in [2.75, 3.05) is 0 Å². The fraction of sp³-hybridized carbons (Fsp3) is 0.417. The van der Waals surface area contributed by atoms with E-state index >= 15 is 0 Å². The summed E-state index contributed by atoms with van der Waals surface area (Å²) in [5, 5.41) is 18.2. The highest BCUT2D eigenvalue weighted by atomic mass is 19.3. The summed E-state index contributed by atoms with van der Waals surface area (Å²) in [4.78, 5) is 19.2. The van der Waals surface area contributed by atoms with Crippen molar-refractivity contribution < 1.29 is 31.9 Å². The standard InChI is InChI=1S/C24H22F4N4O3/c25-20(26)22-31-30-21(35-22)14-4-5-15-12-32(23(34)16(15)11-14)18(13-6-8-24(27,28)9-7-13)19(33)17-3-1-2-10-29-17/h1-5,10-11,13,18-20,33H,6-9,12H2. The van der Waals surface area contributed by atoms with Crippen molar-refractivity contribution in [2.24, 2.45) is 5.92 Å². The molecule has 0 radical (unpaired) electrons. The molecule has 1 amide bonds. The third-order valence-corrected chi connectivity index (χ3v) is 6.74. The number of alkyl halides is 4. The van der Waals surface area contributed by atoms with Crippen LogP contribution in [0.15, 0.2) is 47.0 Å². The molecule has 7 nitrogen and oxygen atoms in total. The summed E-state index contributed by atoms with van der Waals surface area (Å²) < 4.78 is 58.4. The van der Waals surface area contributed by atoms with Crippen LogP contribution in [0.3, 0.4) is 0 Å².